The fourth-order valence-corrected chi connectivity index (χ4v) is 12.6. The predicted molar refractivity (Wildman–Crippen MR) is 356 cm³/mol. The van der Waals surface area contributed by atoms with E-state index in [9.17, 15) is 11.0 Å². The van der Waals surface area contributed by atoms with Crippen LogP contribution in [0.15, 0.2) is 242 Å². The van der Waals surface area contributed by atoms with Gasteiger partial charge in [0.05, 0.1) is 49.7 Å². The maximum Gasteiger partial charge on any atom is 0.252 e. The molecule has 0 unspecified atom stereocenters. The molecule has 2 aliphatic rings. The van der Waals surface area contributed by atoms with Crippen LogP contribution < -0.4 is 26.2 Å². The van der Waals surface area contributed by atoms with Crippen molar-refractivity contribution in [1.82, 2.24) is 9.13 Å². The van der Waals surface area contributed by atoms with E-state index in [1.54, 1.807) is 9.13 Å². The van der Waals surface area contributed by atoms with E-state index in [0.717, 1.165) is 67.0 Å². The summed E-state index contributed by atoms with van der Waals surface area (Å²) in [7, 11) is 0. The van der Waals surface area contributed by atoms with Gasteiger partial charge in [0.15, 0.2) is 0 Å². The quantitative estimate of drug-likeness (QED) is 0.154. The van der Waals surface area contributed by atoms with Gasteiger partial charge in [-0.25, -0.2) is 0 Å². The highest BCUT2D eigenvalue weighted by Gasteiger charge is 2.45. The monoisotopic (exact) mass is 1090 g/mol. The Labute approximate surface area is 511 Å². The van der Waals surface area contributed by atoms with Gasteiger partial charge < -0.3 is 18.9 Å². The molecule has 402 valence electrons. The molecular weight excluding hydrogens is 1000 g/mol. The first-order chi connectivity index (χ1) is 46.7. The summed E-state index contributed by atoms with van der Waals surface area (Å²) in [5, 5.41) is -0.204. The number of nitrogens with zero attached hydrogens (tertiary/aromatic N) is 4. The zero-order valence-corrected chi connectivity index (χ0v) is 47.7. The summed E-state index contributed by atoms with van der Waals surface area (Å²) in [6, 6.07) is 41.5. The van der Waals surface area contributed by atoms with Crippen LogP contribution in [0.2, 0.25) is 0 Å². The van der Waals surface area contributed by atoms with Crippen LogP contribution in [0.4, 0.5) is 34.1 Å². The van der Waals surface area contributed by atoms with E-state index in [-0.39, 0.29) is 54.4 Å². The molecule has 0 saturated carbocycles. The minimum atomic E-state index is -0.635. The highest BCUT2D eigenvalue weighted by molar-refractivity contribution is 7.00. The van der Waals surface area contributed by atoms with E-state index in [4.69, 9.17) is 11.0 Å². The van der Waals surface area contributed by atoms with Crippen LogP contribution in [0.5, 0.6) is 0 Å². The first kappa shape index (κ1) is 36.2. The van der Waals surface area contributed by atoms with Gasteiger partial charge in [-0.1, -0.05) is 226 Å². The average Bonchev–Trinajstić information content (AvgIpc) is 1.70. The Morgan fingerprint density at radius 2 is 0.735 bits per heavy atom. The fraction of sp³-hybridized carbons (Fsp3) is 0.154. The fourth-order valence-electron chi connectivity index (χ4n) is 12.6. The molecule has 5 heteroatoms. The van der Waals surface area contributed by atoms with Crippen LogP contribution in [0, 0.1) is 0 Å². The van der Waals surface area contributed by atoms with E-state index in [2.05, 4.69) is 151 Å². The second-order valence-electron chi connectivity index (χ2n) is 25.1. The topological polar surface area (TPSA) is 16.3 Å². The molecule has 4 nitrogen and oxygen atoms in total. The van der Waals surface area contributed by atoms with Crippen molar-refractivity contribution in [3.05, 3.63) is 259 Å². The highest BCUT2D eigenvalue weighted by Crippen LogP contribution is 2.50. The number of benzene rings is 11. The summed E-state index contributed by atoms with van der Waals surface area (Å²) >= 11 is 0. The summed E-state index contributed by atoms with van der Waals surface area (Å²) in [5.41, 5.74) is 13.8. The Morgan fingerprint density at radius 3 is 1.22 bits per heavy atom. The molecule has 0 aliphatic carbocycles. The SMILES string of the molecule is [2H]c1c([2H])c([2H])c2c(c1[2H])c1c([2H])c([2H])c([2H])c([2H])c1n2-c1ccc2c(c1)N(c1ccc(-c3cc(C(C)(C)C)cc(C(C)(C)C)c3)cc1)c1cc(C(C)(C)C)cc3c1B2c1ccc(-n2c4c([2H])c([2H])c([2H])c([2H])c4c4c([2H])c([2H])c([2H])c([2H])c42)cc1N3c1ccccc1-c1ccccc1. The number of rotatable bonds is 6. The molecule has 0 fully saturated rings. The van der Waals surface area contributed by atoms with Crippen molar-refractivity contribution in [2.24, 2.45) is 0 Å². The summed E-state index contributed by atoms with van der Waals surface area (Å²) in [5.74, 6) is 0. The molecular formula is C78H67BN4. The molecule has 13 aromatic rings. The van der Waals surface area contributed by atoms with Crippen LogP contribution in [0.1, 0.15) is 101 Å². The Kier molecular flexibility index (Phi) is 8.12. The van der Waals surface area contributed by atoms with Gasteiger partial charge in [0.2, 0.25) is 0 Å². The normalized spacial score (nSPS) is 16.0. The number of anilines is 6. The third-order valence-corrected chi connectivity index (χ3v) is 16.8. The highest BCUT2D eigenvalue weighted by atomic mass is 15.2. The lowest BCUT2D eigenvalue weighted by Crippen LogP contribution is -2.61. The second-order valence-corrected chi connectivity index (χ2v) is 25.1. The largest absolute Gasteiger partial charge is 0.311 e. The van der Waals surface area contributed by atoms with Crippen molar-refractivity contribution < 1.29 is 21.9 Å². The molecule has 4 heterocycles. The number of hydrogen-bond acceptors (Lipinski definition) is 2. The predicted octanol–water partition coefficient (Wildman–Crippen LogP) is 19.2. The molecule has 2 aromatic heterocycles. The molecule has 0 radical (unpaired) electrons. The van der Waals surface area contributed by atoms with Gasteiger partial charge in [0, 0.05) is 66.9 Å². The van der Waals surface area contributed by atoms with Gasteiger partial charge in [-0.3, -0.25) is 0 Å². The lowest BCUT2D eigenvalue weighted by Gasteiger charge is -2.45. The molecule has 83 heavy (non-hydrogen) atoms. The smallest absolute Gasteiger partial charge is 0.252 e. The van der Waals surface area contributed by atoms with Crippen LogP contribution in [0.25, 0.3) is 77.2 Å². The molecule has 0 amide bonds. The Balaban J connectivity index is 1.09. The second kappa shape index (κ2) is 18.6. The van der Waals surface area contributed by atoms with Crippen molar-refractivity contribution in [3.8, 4) is 33.6 Å². The van der Waals surface area contributed by atoms with Crippen molar-refractivity contribution in [3.63, 3.8) is 0 Å². The number of para-hydroxylation sites is 5. The van der Waals surface area contributed by atoms with Crippen molar-refractivity contribution in [1.29, 1.82) is 0 Å². The Bertz CT molecular complexity index is 5540. The molecule has 0 spiro atoms. The van der Waals surface area contributed by atoms with Gasteiger partial charge in [-0.15, -0.1) is 0 Å². The van der Waals surface area contributed by atoms with Crippen molar-refractivity contribution in [2.45, 2.75) is 78.6 Å². The third-order valence-electron chi connectivity index (χ3n) is 16.8. The Morgan fingerprint density at radius 1 is 0.325 bits per heavy atom. The molecule has 0 N–H and O–H groups in total. The number of fused-ring (bicyclic) bond motifs is 10. The maximum absolute atomic E-state index is 9.58. The molecule has 0 saturated heterocycles. The zero-order valence-electron chi connectivity index (χ0n) is 63.7. The first-order valence-electron chi connectivity index (χ1n) is 36.2. The maximum atomic E-state index is 9.58. The van der Waals surface area contributed by atoms with Crippen LogP contribution >= 0.6 is 0 Å². The summed E-state index contributed by atoms with van der Waals surface area (Å²) in [6.07, 6.45) is 0. The van der Waals surface area contributed by atoms with E-state index in [0.29, 0.717) is 22.7 Å². The number of hydrogen-bond donors (Lipinski definition) is 0. The minimum Gasteiger partial charge on any atom is -0.311 e. The average molecular weight is 1090 g/mol. The molecule has 11 aromatic carbocycles. The summed E-state index contributed by atoms with van der Waals surface area (Å²) in [4.78, 5) is 4.45. The van der Waals surface area contributed by atoms with Crippen molar-refractivity contribution >= 4 is 101 Å². The van der Waals surface area contributed by atoms with Crippen molar-refractivity contribution in [2.75, 3.05) is 9.80 Å². The lowest BCUT2D eigenvalue weighted by atomic mass is 9.33. The van der Waals surface area contributed by atoms with Gasteiger partial charge in [0.1, 0.15) is 0 Å². The minimum absolute atomic E-state index is 0.0254. The first-order valence-corrected chi connectivity index (χ1v) is 28.2. The van der Waals surface area contributed by atoms with Crippen LogP contribution in [0.3, 0.4) is 0 Å². The summed E-state index contributed by atoms with van der Waals surface area (Å²) < 4.78 is 150. The van der Waals surface area contributed by atoms with Gasteiger partial charge in [-0.2, -0.15) is 0 Å². The van der Waals surface area contributed by atoms with Gasteiger partial charge in [0.25, 0.3) is 6.71 Å². The molecule has 0 bridgehead atoms. The third kappa shape index (κ3) is 8.10. The van der Waals surface area contributed by atoms with Gasteiger partial charge in [-0.05, 0) is 145 Å². The van der Waals surface area contributed by atoms with Gasteiger partial charge >= 0.3 is 0 Å². The van der Waals surface area contributed by atoms with Crippen LogP contribution in [-0.2, 0) is 16.2 Å². The standard InChI is InChI=1S/C78H67BN4/c1-76(2,3)53-43-52(44-54(45-53)77(4,5)6)50-35-37-56(38-36-50)80-71-48-57(81-67-31-19-14-26-60(67)61-27-15-20-32-68(61)81)39-41-64(71)79-65-42-40-58(82-69-33-21-16-28-62(69)63-29-17-22-34-70(63)82)49-72(65)83(74-47-55(78(7,8)9)46-73(80)75(74)79)66-30-18-13-25-59(66)51-23-11-10-12-24-51/h10-49H,1-9H3/i14D,15D,16D,17D,19D,20D,21D,22D,26D,27D,28D,29D,31D,32D,33D,34D. The number of aromatic nitrogens is 2. The van der Waals surface area contributed by atoms with E-state index >= 15 is 0 Å². The lowest BCUT2D eigenvalue weighted by molar-refractivity contribution is 0.569. The molecule has 0 atom stereocenters. The Hall–Kier alpha value is -9.32. The zero-order chi connectivity index (χ0) is 70.6. The van der Waals surface area contributed by atoms with Crippen LogP contribution in [-0.4, -0.2) is 15.8 Å². The summed E-state index contributed by atoms with van der Waals surface area (Å²) in [6.45, 7) is 19.1. The van der Waals surface area contributed by atoms with E-state index < -0.39 is 109 Å². The molecule has 2 aliphatic heterocycles. The van der Waals surface area contributed by atoms with E-state index in [1.807, 2.05) is 66.7 Å². The molecule has 15 rings (SSSR count). The van der Waals surface area contributed by atoms with E-state index in [1.165, 1.54) is 11.1 Å².